The lowest BCUT2D eigenvalue weighted by Crippen LogP contribution is -2.25. The van der Waals surface area contributed by atoms with Gasteiger partial charge in [0.2, 0.25) is 0 Å². The normalized spacial score (nSPS) is 29.9. The monoisotopic (exact) mass is 199 g/mol. The van der Waals surface area contributed by atoms with Crippen molar-refractivity contribution in [1.29, 1.82) is 0 Å². The van der Waals surface area contributed by atoms with Crippen LogP contribution in [0, 0.1) is 0 Å². The quantitative estimate of drug-likeness (QED) is 0.624. The van der Waals surface area contributed by atoms with Crippen LogP contribution in [-0.2, 0) is 4.74 Å². The number of carbonyl (C=O) groups excluding carboxylic acids is 1. The van der Waals surface area contributed by atoms with Crippen LogP contribution in [0.3, 0.4) is 0 Å². The minimum atomic E-state index is -0.402. The highest BCUT2D eigenvalue weighted by molar-refractivity contribution is 5.67. The van der Waals surface area contributed by atoms with Crippen molar-refractivity contribution in [3.05, 3.63) is 12.2 Å². The summed E-state index contributed by atoms with van der Waals surface area (Å²) in [5.41, 5.74) is 0. The van der Waals surface area contributed by atoms with Gasteiger partial charge in [0.1, 0.15) is 6.10 Å². The molecule has 4 nitrogen and oxygen atoms in total. The molecule has 2 N–H and O–H groups in total. The summed E-state index contributed by atoms with van der Waals surface area (Å²) in [5, 5.41) is 11.8. The van der Waals surface area contributed by atoms with Crippen LogP contribution < -0.4 is 5.32 Å². The number of aliphatic hydroxyl groups is 1. The van der Waals surface area contributed by atoms with Crippen molar-refractivity contribution >= 4 is 6.09 Å². The number of rotatable bonds is 1. The lowest BCUT2D eigenvalue weighted by molar-refractivity contribution is 0.107. The summed E-state index contributed by atoms with van der Waals surface area (Å²) < 4.78 is 5.09. The molecule has 80 valence electrons. The fraction of sp³-hybridized carbons (Fsp3) is 0.700. The summed E-state index contributed by atoms with van der Waals surface area (Å²) in [6.07, 6.45) is 6.00. The molecular formula is C10H17NO3. The molecule has 0 radical (unpaired) electrons. The van der Waals surface area contributed by atoms with Crippen molar-refractivity contribution in [2.45, 2.75) is 37.9 Å². The molecule has 0 saturated heterocycles. The molecule has 14 heavy (non-hydrogen) atoms. The first-order chi connectivity index (χ1) is 6.72. The van der Waals surface area contributed by atoms with Gasteiger partial charge in [-0.2, -0.15) is 0 Å². The minimum absolute atomic E-state index is 0.151. The Morgan fingerprint density at radius 2 is 2.36 bits per heavy atom. The van der Waals surface area contributed by atoms with Crippen molar-refractivity contribution in [1.82, 2.24) is 5.32 Å². The molecule has 0 aromatic carbocycles. The van der Waals surface area contributed by atoms with Crippen LogP contribution in [0.1, 0.15) is 25.7 Å². The van der Waals surface area contributed by atoms with Crippen molar-refractivity contribution in [2.75, 3.05) is 7.05 Å². The summed E-state index contributed by atoms with van der Waals surface area (Å²) in [7, 11) is 1.54. The number of ether oxygens (including phenoxy) is 1. The van der Waals surface area contributed by atoms with Gasteiger partial charge in [-0.1, -0.05) is 6.08 Å². The predicted molar refractivity (Wildman–Crippen MR) is 52.9 cm³/mol. The zero-order chi connectivity index (χ0) is 10.4. The lowest BCUT2D eigenvalue weighted by atomic mass is 10.0. The predicted octanol–water partition coefficient (Wildman–Crippen LogP) is 1.20. The van der Waals surface area contributed by atoms with Crippen LogP contribution in [0.4, 0.5) is 4.79 Å². The number of hydrogen-bond acceptors (Lipinski definition) is 3. The van der Waals surface area contributed by atoms with E-state index in [0.717, 1.165) is 19.3 Å². The summed E-state index contributed by atoms with van der Waals surface area (Å²) in [6, 6.07) is 0. The fourth-order valence-electron chi connectivity index (χ4n) is 1.45. The molecule has 0 spiro atoms. The van der Waals surface area contributed by atoms with E-state index in [1.165, 1.54) is 0 Å². The van der Waals surface area contributed by atoms with E-state index in [1.54, 1.807) is 7.05 Å². The van der Waals surface area contributed by atoms with Gasteiger partial charge in [0.15, 0.2) is 0 Å². The molecule has 0 aromatic rings. The Labute approximate surface area is 83.9 Å². The Bertz CT molecular complexity index is 215. The summed E-state index contributed by atoms with van der Waals surface area (Å²) in [6.45, 7) is 0. The van der Waals surface area contributed by atoms with Gasteiger partial charge in [-0.15, -0.1) is 0 Å². The Morgan fingerprint density at radius 3 is 3.07 bits per heavy atom. The van der Waals surface area contributed by atoms with E-state index in [9.17, 15) is 9.90 Å². The van der Waals surface area contributed by atoms with Gasteiger partial charge in [-0.05, 0) is 31.8 Å². The Hall–Kier alpha value is -1.03. The molecule has 0 aromatic heterocycles. The fourth-order valence-corrected chi connectivity index (χ4v) is 1.45. The smallest absolute Gasteiger partial charge is 0.407 e. The molecule has 2 atom stereocenters. The molecule has 4 heteroatoms. The van der Waals surface area contributed by atoms with Gasteiger partial charge in [-0.25, -0.2) is 4.79 Å². The van der Waals surface area contributed by atoms with E-state index in [0.29, 0.717) is 6.42 Å². The van der Waals surface area contributed by atoms with Crippen LogP contribution in [0.15, 0.2) is 12.2 Å². The SMILES string of the molecule is CNC(=O)OC1/C=C/CC(O)CCC1. The maximum Gasteiger partial charge on any atom is 0.407 e. The number of hydrogen-bond donors (Lipinski definition) is 2. The Morgan fingerprint density at radius 1 is 1.57 bits per heavy atom. The second-order valence-corrected chi connectivity index (χ2v) is 3.44. The average molecular weight is 199 g/mol. The highest BCUT2D eigenvalue weighted by Gasteiger charge is 2.13. The van der Waals surface area contributed by atoms with Gasteiger partial charge in [-0.3, -0.25) is 0 Å². The van der Waals surface area contributed by atoms with Crippen molar-refractivity contribution < 1.29 is 14.6 Å². The molecule has 1 aliphatic carbocycles. The first-order valence-electron chi connectivity index (χ1n) is 4.95. The Kier molecular flexibility index (Phi) is 4.46. The standard InChI is InChI=1S/C10H17NO3/c1-11-10(13)14-9-6-2-4-8(12)5-3-7-9/h2,6,8-9,12H,3-5,7H2,1H3,(H,11,13)/b6-2+. The van der Waals surface area contributed by atoms with E-state index in [-0.39, 0.29) is 12.2 Å². The molecular weight excluding hydrogens is 182 g/mol. The second-order valence-electron chi connectivity index (χ2n) is 3.44. The van der Waals surface area contributed by atoms with Gasteiger partial charge < -0.3 is 15.2 Å². The third-order valence-electron chi connectivity index (χ3n) is 2.25. The van der Waals surface area contributed by atoms with Crippen molar-refractivity contribution in [3.63, 3.8) is 0 Å². The third kappa shape index (κ3) is 3.79. The maximum absolute atomic E-state index is 10.9. The number of alkyl carbamates (subject to hydrolysis) is 1. The van der Waals surface area contributed by atoms with E-state index >= 15 is 0 Å². The summed E-state index contributed by atoms with van der Waals surface area (Å²) >= 11 is 0. The zero-order valence-corrected chi connectivity index (χ0v) is 8.40. The number of aliphatic hydroxyl groups excluding tert-OH is 1. The molecule has 0 fully saturated rings. The van der Waals surface area contributed by atoms with E-state index < -0.39 is 6.09 Å². The number of amides is 1. The van der Waals surface area contributed by atoms with Crippen LogP contribution in [0.2, 0.25) is 0 Å². The van der Waals surface area contributed by atoms with Crippen LogP contribution in [0.5, 0.6) is 0 Å². The Balaban J connectivity index is 2.41. The van der Waals surface area contributed by atoms with Gasteiger partial charge in [0.25, 0.3) is 0 Å². The van der Waals surface area contributed by atoms with Crippen LogP contribution in [0.25, 0.3) is 0 Å². The third-order valence-corrected chi connectivity index (χ3v) is 2.25. The molecule has 0 bridgehead atoms. The van der Waals surface area contributed by atoms with Gasteiger partial charge in [0, 0.05) is 7.05 Å². The topological polar surface area (TPSA) is 58.6 Å². The average Bonchev–Trinajstić information content (AvgIpc) is 2.14. The largest absolute Gasteiger partial charge is 0.442 e. The first-order valence-corrected chi connectivity index (χ1v) is 4.95. The first kappa shape index (κ1) is 11.0. The molecule has 0 saturated carbocycles. The molecule has 2 unspecified atom stereocenters. The zero-order valence-electron chi connectivity index (χ0n) is 8.40. The summed E-state index contributed by atoms with van der Waals surface area (Å²) in [5.74, 6) is 0. The lowest BCUT2D eigenvalue weighted by Gasteiger charge is -2.17. The van der Waals surface area contributed by atoms with Gasteiger partial charge in [0.05, 0.1) is 6.10 Å². The van der Waals surface area contributed by atoms with Crippen molar-refractivity contribution in [2.24, 2.45) is 0 Å². The van der Waals surface area contributed by atoms with E-state index in [1.807, 2.05) is 12.2 Å². The molecule has 1 amide bonds. The van der Waals surface area contributed by atoms with E-state index in [4.69, 9.17) is 4.74 Å². The molecule has 0 heterocycles. The summed E-state index contributed by atoms with van der Waals surface area (Å²) in [4.78, 5) is 10.9. The number of carbonyl (C=O) groups is 1. The highest BCUT2D eigenvalue weighted by Crippen LogP contribution is 2.14. The minimum Gasteiger partial charge on any atom is -0.442 e. The molecule has 1 rings (SSSR count). The van der Waals surface area contributed by atoms with Crippen LogP contribution in [-0.4, -0.2) is 30.5 Å². The molecule has 0 aliphatic heterocycles. The second kappa shape index (κ2) is 5.65. The van der Waals surface area contributed by atoms with Gasteiger partial charge >= 0.3 is 6.09 Å². The van der Waals surface area contributed by atoms with Crippen LogP contribution >= 0.6 is 0 Å². The molecule has 1 aliphatic rings. The highest BCUT2D eigenvalue weighted by atomic mass is 16.6. The van der Waals surface area contributed by atoms with Crippen molar-refractivity contribution in [3.8, 4) is 0 Å². The maximum atomic E-state index is 10.9. The number of nitrogens with one attached hydrogen (secondary N) is 1. The van der Waals surface area contributed by atoms with E-state index in [2.05, 4.69) is 5.32 Å².